The second kappa shape index (κ2) is 6.40. The first-order chi connectivity index (χ1) is 11.7. The average Bonchev–Trinajstić information content (AvgIpc) is 3.33. The van der Waals surface area contributed by atoms with Crippen molar-refractivity contribution in [3.05, 3.63) is 29.3 Å². The van der Waals surface area contributed by atoms with Gasteiger partial charge in [0.05, 0.1) is 5.92 Å². The minimum Gasteiger partial charge on any atom is -0.369 e. The van der Waals surface area contributed by atoms with Crippen molar-refractivity contribution in [2.75, 3.05) is 31.1 Å². The molecule has 1 aromatic carbocycles. The first kappa shape index (κ1) is 15.9. The second-order valence-corrected chi connectivity index (χ2v) is 7.71. The normalized spacial score (nSPS) is 23.3. The molecule has 2 N–H and O–H groups in total. The van der Waals surface area contributed by atoms with Gasteiger partial charge in [-0.25, -0.2) is 0 Å². The Morgan fingerprint density at radius 3 is 2.58 bits per heavy atom. The van der Waals surface area contributed by atoms with Gasteiger partial charge in [0.25, 0.3) is 0 Å². The summed E-state index contributed by atoms with van der Waals surface area (Å²) in [4.78, 5) is 17.1. The Morgan fingerprint density at radius 1 is 1.21 bits per heavy atom. The van der Waals surface area contributed by atoms with Gasteiger partial charge in [-0.2, -0.15) is 0 Å². The van der Waals surface area contributed by atoms with Crippen molar-refractivity contribution in [1.82, 2.24) is 4.90 Å². The molecular formula is C20H29N3O. The van der Waals surface area contributed by atoms with E-state index in [-0.39, 0.29) is 11.8 Å². The van der Waals surface area contributed by atoms with Gasteiger partial charge < -0.3 is 15.5 Å². The van der Waals surface area contributed by atoms with Crippen molar-refractivity contribution in [3.63, 3.8) is 0 Å². The number of rotatable bonds is 5. The molecule has 0 spiro atoms. The maximum absolute atomic E-state index is 11.9. The molecule has 1 atom stereocenters. The molecular weight excluding hydrogens is 298 g/mol. The van der Waals surface area contributed by atoms with E-state index in [0.717, 1.165) is 37.9 Å². The predicted octanol–water partition coefficient (Wildman–Crippen LogP) is 2.51. The Hall–Kier alpha value is -1.55. The third-order valence-corrected chi connectivity index (χ3v) is 6.24. The van der Waals surface area contributed by atoms with Crippen molar-refractivity contribution in [1.29, 1.82) is 0 Å². The van der Waals surface area contributed by atoms with Gasteiger partial charge in [0.1, 0.15) is 0 Å². The van der Waals surface area contributed by atoms with Crippen LogP contribution >= 0.6 is 0 Å². The lowest BCUT2D eigenvalue weighted by Gasteiger charge is -2.38. The van der Waals surface area contributed by atoms with Crippen LogP contribution in [0.4, 0.5) is 5.69 Å². The number of primary amides is 1. The van der Waals surface area contributed by atoms with Gasteiger partial charge in [0.2, 0.25) is 5.91 Å². The van der Waals surface area contributed by atoms with E-state index in [2.05, 4.69) is 34.9 Å². The Labute approximate surface area is 145 Å². The fourth-order valence-corrected chi connectivity index (χ4v) is 4.64. The molecule has 3 aliphatic rings. The molecule has 4 nitrogen and oxygen atoms in total. The number of amides is 1. The highest BCUT2D eigenvalue weighted by Crippen LogP contribution is 2.44. The zero-order chi connectivity index (χ0) is 16.7. The maximum Gasteiger partial charge on any atom is 0.225 e. The van der Waals surface area contributed by atoms with E-state index in [9.17, 15) is 4.79 Å². The topological polar surface area (TPSA) is 49.6 Å². The van der Waals surface area contributed by atoms with Crippen molar-refractivity contribution < 1.29 is 4.79 Å². The molecule has 1 aliphatic carbocycles. The number of piperidine rings is 1. The first-order valence-electron chi connectivity index (χ1n) is 9.58. The van der Waals surface area contributed by atoms with Gasteiger partial charge in [-0.05, 0) is 61.8 Å². The van der Waals surface area contributed by atoms with Gasteiger partial charge in [-0.3, -0.25) is 4.79 Å². The number of nitrogens with zero attached hydrogens (tertiary/aromatic N) is 2. The highest BCUT2D eigenvalue weighted by molar-refractivity contribution is 5.83. The Kier molecular flexibility index (Phi) is 4.25. The molecule has 0 bridgehead atoms. The van der Waals surface area contributed by atoms with Crippen LogP contribution in [0.5, 0.6) is 0 Å². The Bertz CT molecular complexity index is 617. The number of likely N-dealkylation sites (tertiary alicyclic amines) is 1. The Morgan fingerprint density at radius 2 is 1.96 bits per heavy atom. The monoisotopic (exact) mass is 327 g/mol. The van der Waals surface area contributed by atoms with Crippen molar-refractivity contribution in [2.24, 2.45) is 11.7 Å². The van der Waals surface area contributed by atoms with E-state index in [4.69, 9.17) is 5.73 Å². The van der Waals surface area contributed by atoms with Crippen LogP contribution in [0, 0.1) is 5.92 Å². The van der Waals surface area contributed by atoms with E-state index >= 15 is 0 Å². The molecule has 4 heteroatoms. The summed E-state index contributed by atoms with van der Waals surface area (Å²) in [6.45, 7) is 6.95. The molecule has 2 heterocycles. The molecule has 0 aromatic heterocycles. The van der Waals surface area contributed by atoms with Crippen LogP contribution in [-0.2, 0) is 11.2 Å². The molecule has 1 aromatic rings. The number of carbonyl (C=O) groups is 1. The number of benzene rings is 1. The van der Waals surface area contributed by atoms with Gasteiger partial charge >= 0.3 is 0 Å². The highest BCUT2D eigenvalue weighted by Gasteiger charge is 2.37. The van der Waals surface area contributed by atoms with Gasteiger partial charge in [-0.1, -0.05) is 19.1 Å². The molecule has 2 aliphatic heterocycles. The molecule has 24 heavy (non-hydrogen) atoms. The smallest absolute Gasteiger partial charge is 0.225 e. The third kappa shape index (κ3) is 2.92. The van der Waals surface area contributed by atoms with E-state index in [1.165, 1.54) is 37.2 Å². The molecule has 1 saturated heterocycles. The highest BCUT2D eigenvalue weighted by atomic mass is 16.1. The van der Waals surface area contributed by atoms with Crippen molar-refractivity contribution >= 4 is 11.6 Å². The zero-order valence-corrected chi connectivity index (χ0v) is 14.7. The third-order valence-electron chi connectivity index (χ3n) is 6.24. The summed E-state index contributed by atoms with van der Waals surface area (Å²) >= 11 is 0. The van der Waals surface area contributed by atoms with Crippen LogP contribution in [0.15, 0.2) is 18.2 Å². The van der Waals surface area contributed by atoms with E-state index in [1.807, 2.05) is 0 Å². The lowest BCUT2D eigenvalue weighted by Crippen LogP contribution is -2.44. The number of fused-ring (bicyclic) bond motifs is 1. The Balaban J connectivity index is 1.56. The molecule has 1 unspecified atom stereocenters. The van der Waals surface area contributed by atoms with Crippen LogP contribution < -0.4 is 10.6 Å². The number of anilines is 1. The van der Waals surface area contributed by atoms with Crippen LogP contribution in [0.2, 0.25) is 0 Å². The summed E-state index contributed by atoms with van der Waals surface area (Å²) in [7, 11) is 0. The van der Waals surface area contributed by atoms with Crippen LogP contribution in [0.3, 0.4) is 0 Å². The summed E-state index contributed by atoms with van der Waals surface area (Å²) < 4.78 is 0. The van der Waals surface area contributed by atoms with E-state index < -0.39 is 0 Å². The van der Waals surface area contributed by atoms with E-state index in [0.29, 0.717) is 12.0 Å². The largest absolute Gasteiger partial charge is 0.369 e. The molecule has 2 fully saturated rings. The minimum absolute atomic E-state index is 0.0836. The number of hydrogen-bond acceptors (Lipinski definition) is 3. The maximum atomic E-state index is 11.9. The molecule has 4 rings (SSSR count). The number of carbonyl (C=O) groups excluding carboxylic acids is 1. The van der Waals surface area contributed by atoms with Crippen molar-refractivity contribution in [3.8, 4) is 0 Å². The van der Waals surface area contributed by atoms with Gasteiger partial charge in [0.15, 0.2) is 0 Å². The van der Waals surface area contributed by atoms with Crippen LogP contribution in [0.25, 0.3) is 0 Å². The van der Waals surface area contributed by atoms with Gasteiger partial charge in [-0.15, -0.1) is 0 Å². The fourth-order valence-electron chi connectivity index (χ4n) is 4.64. The molecule has 130 valence electrons. The summed E-state index contributed by atoms with van der Waals surface area (Å²) in [6, 6.07) is 7.32. The first-order valence-corrected chi connectivity index (χ1v) is 9.58. The SMILES string of the molecule is CCN1CCC(N2CCc3ccc(C(C(N)=O)C4CC4)cc32)CC1. The van der Waals surface area contributed by atoms with Crippen LogP contribution in [-0.4, -0.2) is 43.0 Å². The number of nitrogens with two attached hydrogens (primary N) is 1. The zero-order valence-electron chi connectivity index (χ0n) is 14.7. The lowest BCUT2D eigenvalue weighted by molar-refractivity contribution is -0.119. The quantitative estimate of drug-likeness (QED) is 0.904. The summed E-state index contributed by atoms with van der Waals surface area (Å²) in [6.07, 6.45) is 5.92. The predicted molar refractivity (Wildman–Crippen MR) is 97.3 cm³/mol. The average molecular weight is 327 g/mol. The number of hydrogen-bond donors (Lipinski definition) is 1. The van der Waals surface area contributed by atoms with E-state index in [1.54, 1.807) is 0 Å². The fraction of sp³-hybridized carbons (Fsp3) is 0.650. The summed E-state index contributed by atoms with van der Waals surface area (Å²) in [5, 5.41) is 0. The van der Waals surface area contributed by atoms with Crippen molar-refractivity contribution in [2.45, 2.75) is 51.0 Å². The molecule has 1 amide bonds. The summed E-state index contributed by atoms with van der Waals surface area (Å²) in [5.74, 6) is 0.237. The van der Waals surface area contributed by atoms with Gasteiger partial charge in [0, 0.05) is 31.4 Å². The second-order valence-electron chi connectivity index (χ2n) is 7.71. The molecule has 0 radical (unpaired) electrons. The minimum atomic E-state index is -0.154. The standard InChI is InChI=1S/C20H29N3O/c1-2-22-10-8-17(9-11-22)23-12-7-14-3-6-16(13-18(14)23)19(20(21)24)15-4-5-15/h3,6,13,15,17,19H,2,4-5,7-12H2,1H3,(H2,21,24). The summed E-state index contributed by atoms with van der Waals surface area (Å²) in [5.41, 5.74) is 9.66. The lowest BCUT2D eigenvalue weighted by atomic mass is 9.92. The van der Waals surface area contributed by atoms with Crippen LogP contribution in [0.1, 0.15) is 49.7 Å². The molecule has 1 saturated carbocycles.